The number of carbonyl (C=O) groups excluding carboxylic acids is 1. The Kier molecular flexibility index (Phi) is 5.71. The number of alkyl halides is 3. The number of rotatable bonds is 5. The second-order valence-corrected chi connectivity index (χ2v) is 6.74. The minimum absolute atomic E-state index is 0.00221. The number of hydrogen-bond donors (Lipinski definition) is 0. The van der Waals surface area contributed by atoms with Crippen molar-refractivity contribution in [3.05, 3.63) is 102 Å². The summed E-state index contributed by atoms with van der Waals surface area (Å²) < 4.78 is 40.8. The number of benzene rings is 2. The van der Waals surface area contributed by atoms with Crippen molar-refractivity contribution in [2.45, 2.75) is 19.6 Å². The van der Waals surface area contributed by atoms with Gasteiger partial charge in [-0.25, -0.2) is 4.79 Å². The normalized spacial score (nSPS) is 11.4. The van der Waals surface area contributed by atoms with Crippen molar-refractivity contribution >= 4 is 11.7 Å². The zero-order chi connectivity index (χ0) is 23.8. The monoisotopic (exact) mass is 448 g/mol. The van der Waals surface area contributed by atoms with E-state index >= 15 is 0 Å². The Morgan fingerprint density at radius 1 is 1.09 bits per heavy atom. The van der Waals surface area contributed by atoms with E-state index in [2.05, 4.69) is 0 Å². The highest BCUT2D eigenvalue weighted by molar-refractivity contribution is 5.84. The van der Waals surface area contributed by atoms with E-state index in [1.807, 2.05) is 0 Å². The lowest BCUT2D eigenvalue weighted by Crippen LogP contribution is -2.44. The summed E-state index contributed by atoms with van der Waals surface area (Å²) in [7, 11) is 0. The molecule has 166 valence electrons. The van der Waals surface area contributed by atoms with Gasteiger partial charge < -0.3 is 9.90 Å². The summed E-state index contributed by atoms with van der Waals surface area (Å²) in [5, 5.41) is 22.3. The number of halogens is 3. The summed E-state index contributed by atoms with van der Waals surface area (Å²) in [6.45, 7) is 0.530. The standard InChI is InChI=1S/C20H14F3N3O6/c1-11-12(3-2-4-16(11)20(21,22)23)9-25-17(27)15(18(28)29)10-24(19(25)30)13-5-7-14(8-6-13)26(31)32/h2-8,10H,9H2,1H3,(H,28,29)/p-1. The number of non-ortho nitro benzene ring substituents is 1. The maximum Gasteiger partial charge on any atom is 0.416 e. The molecule has 0 saturated heterocycles. The Balaban J connectivity index is 2.21. The zero-order valence-electron chi connectivity index (χ0n) is 16.3. The van der Waals surface area contributed by atoms with Crippen LogP contribution in [0.15, 0.2) is 58.3 Å². The van der Waals surface area contributed by atoms with E-state index in [1.54, 1.807) is 0 Å². The van der Waals surface area contributed by atoms with Crippen molar-refractivity contribution in [3.8, 4) is 5.69 Å². The van der Waals surface area contributed by atoms with Crippen LogP contribution in [-0.4, -0.2) is 20.0 Å². The molecule has 0 aliphatic carbocycles. The van der Waals surface area contributed by atoms with Gasteiger partial charge in [0.05, 0.1) is 34.3 Å². The van der Waals surface area contributed by atoms with Crippen molar-refractivity contribution in [2.24, 2.45) is 0 Å². The Bertz CT molecular complexity index is 1340. The van der Waals surface area contributed by atoms with Crippen molar-refractivity contribution in [3.63, 3.8) is 0 Å². The third-order valence-electron chi connectivity index (χ3n) is 4.81. The molecule has 0 N–H and O–H groups in total. The first kappa shape index (κ1) is 22.5. The van der Waals surface area contributed by atoms with Crippen LogP contribution in [0.5, 0.6) is 0 Å². The van der Waals surface area contributed by atoms with E-state index in [-0.39, 0.29) is 22.5 Å². The highest BCUT2D eigenvalue weighted by Gasteiger charge is 2.33. The first-order valence-corrected chi connectivity index (χ1v) is 8.90. The van der Waals surface area contributed by atoms with Crippen LogP contribution in [0.4, 0.5) is 18.9 Å². The van der Waals surface area contributed by atoms with Gasteiger partial charge in [0, 0.05) is 18.3 Å². The van der Waals surface area contributed by atoms with Crippen LogP contribution in [0.3, 0.4) is 0 Å². The third kappa shape index (κ3) is 4.15. The fourth-order valence-corrected chi connectivity index (χ4v) is 3.13. The fraction of sp³-hybridized carbons (Fsp3) is 0.150. The number of aromatic carboxylic acids is 1. The topological polar surface area (TPSA) is 127 Å². The van der Waals surface area contributed by atoms with Crippen LogP contribution in [0.1, 0.15) is 27.0 Å². The number of nitrogens with zero attached hydrogens (tertiary/aromatic N) is 3. The lowest BCUT2D eigenvalue weighted by molar-refractivity contribution is -0.384. The molecule has 1 heterocycles. The van der Waals surface area contributed by atoms with Gasteiger partial charge >= 0.3 is 11.9 Å². The first-order chi connectivity index (χ1) is 14.9. The molecular formula is C20H13F3N3O6-. The molecule has 0 amide bonds. The van der Waals surface area contributed by atoms with Crippen molar-refractivity contribution < 1.29 is 28.0 Å². The minimum atomic E-state index is -4.67. The number of carboxylic acid groups (broad SMARTS) is 1. The Morgan fingerprint density at radius 2 is 1.72 bits per heavy atom. The van der Waals surface area contributed by atoms with Gasteiger partial charge in [0.2, 0.25) is 0 Å². The average Bonchev–Trinajstić information content (AvgIpc) is 2.71. The van der Waals surface area contributed by atoms with Gasteiger partial charge in [-0.3, -0.25) is 24.0 Å². The molecule has 0 bridgehead atoms. The largest absolute Gasteiger partial charge is 0.545 e. The van der Waals surface area contributed by atoms with Gasteiger partial charge in [-0.15, -0.1) is 0 Å². The molecule has 0 saturated carbocycles. The molecule has 0 atom stereocenters. The van der Waals surface area contributed by atoms with Crippen LogP contribution < -0.4 is 16.4 Å². The summed E-state index contributed by atoms with van der Waals surface area (Å²) in [4.78, 5) is 47.1. The zero-order valence-corrected chi connectivity index (χ0v) is 16.3. The summed E-state index contributed by atoms with van der Waals surface area (Å²) in [5.74, 6) is -1.90. The third-order valence-corrected chi connectivity index (χ3v) is 4.81. The molecule has 0 spiro atoms. The Morgan fingerprint density at radius 3 is 2.25 bits per heavy atom. The van der Waals surface area contributed by atoms with Gasteiger partial charge in [0.25, 0.3) is 11.2 Å². The number of nitro benzene ring substituents is 1. The Hall–Kier alpha value is -4.22. The number of nitro groups is 1. The second kappa shape index (κ2) is 8.13. The summed E-state index contributed by atoms with van der Waals surface area (Å²) in [6.07, 6.45) is -3.96. The van der Waals surface area contributed by atoms with Crippen LogP contribution in [0.2, 0.25) is 0 Å². The highest BCUT2D eigenvalue weighted by atomic mass is 19.4. The predicted molar refractivity (Wildman–Crippen MR) is 103 cm³/mol. The van der Waals surface area contributed by atoms with E-state index in [0.29, 0.717) is 10.8 Å². The summed E-state index contributed by atoms with van der Waals surface area (Å²) >= 11 is 0. The number of hydrogen-bond acceptors (Lipinski definition) is 6. The van der Waals surface area contributed by atoms with Crippen molar-refractivity contribution in [1.29, 1.82) is 0 Å². The van der Waals surface area contributed by atoms with Crippen LogP contribution >= 0.6 is 0 Å². The maximum absolute atomic E-state index is 13.2. The first-order valence-electron chi connectivity index (χ1n) is 8.90. The fourth-order valence-electron chi connectivity index (χ4n) is 3.13. The Labute approximate surface area is 176 Å². The molecule has 12 heteroatoms. The second-order valence-electron chi connectivity index (χ2n) is 6.74. The summed E-state index contributed by atoms with van der Waals surface area (Å²) in [5.41, 5.74) is -4.73. The lowest BCUT2D eigenvalue weighted by atomic mass is 10.0. The molecule has 0 fully saturated rings. The smallest absolute Gasteiger partial charge is 0.416 e. The molecule has 0 aliphatic rings. The minimum Gasteiger partial charge on any atom is -0.545 e. The molecule has 1 aromatic heterocycles. The molecule has 0 aliphatic heterocycles. The SMILES string of the molecule is Cc1c(Cn2c(=O)c(C(=O)[O-])cn(-c3ccc([N+](=O)[O-])cc3)c2=O)cccc1C(F)(F)F. The highest BCUT2D eigenvalue weighted by Crippen LogP contribution is 2.33. The van der Waals surface area contributed by atoms with Gasteiger partial charge in [-0.1, -0.05) is 12.1 Å². The molecule has 32 heavy (non-hydrogen) atoms. The lowest BCUT2D eigenvalue weighted by Gasteiger charge is -2.17. The van der Waals surface area contributed by atoms with E-state index in [1.165, 1.54) is 13.0 Å². The molecule has 0 unspecified atom stereocenters. The van der Waals surface area contributed by atoms with E-state index in [0.717, 1.165) is 41.0 Å². The van der Waals surface area contributed by atoms with Crippen molar-refractivity contribution in [2.75, 3.05) is 0 Å². The quantitative estimate of drug-likeness (QED) is 0.431. The molecule has 3 rings (SSSR count). The molecule has 3 aromatic rings. The predicted octanol–water partition coefficient (Wildman–Crippen LogP) is 1.65. The number of carbonyl (C=O) groups is 1. The van der Waals surface area contributed by atoms with Gasteiger partial charge in [0.1, 0.15) is 0 Å². The van der Waals surface area contributed by atoms with Crippen molar-refractivity contribution in [1.82, 2.24) is 9.13 Å². The average molecular weight is 448 g/mol. The van der Waals surface area contributed by atoms with Crippen LogP contribution in [-0.2, 0) is 12.7 Å². The van der Waals surface area contributed by atoms with Gasteiger partial charge in [-0.05, 0) is 36.2 Å². The molecule has 9 nitrogen and oxygen atoms in total. The van der Waals surface area contributed by atoms with Crippen LogP contribution in [0, 0.1) is 17.0 Å². The van der Waals surface area contributed by atoms with E-state index in [4.69, 9.17) is 0 Å². The van der Waals surface area contributed by atoms with E-state index in [9.17, 15) is 42.8 Å². The van der Waals surface area contributed by atoms with E-state index < -0.39 is 46.0 Å². The molecule has 0 radical (unpaired) electrons. The number of carboxylic acids is 1. The molecular weight excluding hydrogens is 435 g/mol. The van der Waals surface area contributed by atoms with Gasteiger partial charge in [-0.2, -0.15) is 13.2 Å². The van der Waals surface area contributed by atoms with Gasteiger partial charge in [0.15, 0.2) is 0 Å². The summed E-state index contributed by atoms with van der Waals surface area (Å²) in [6, 6.07) is 7.66. The number of aromatic nitrogens is 2. The van der Waals surface area contributed by atoms with Crippen LogP contribution in [0.25, 0.3) is 5.69 Å². The molecule has 2 aromatic carbocycles. The maximum atomic E-state index is 13.2.